The minimum atomic E-state index is -3.86. The summed E-state index contributed by atoms with van der Waals surface area (Å²) in [6.45, 7) is 1.76. The van der Waals surface area contributed by atoms with Gasteiger partial charge in [0.05, 0.1) is 17.1 Å². The first kappa shape index (κ1) is 12.6. The summed E-state index contributed by atoms with van der Waals surface area (Å²) in [5, 5.41) is 8.55. The molecule has 86 valence electrons. The Labute approximate surface area is 92.5 Å². The molecule has 0 unspecified atom stereocenters. The molecule has 0 amide bonds. The lowest BCUT2D eigenvalue weighted by atomic mass is 10.2. The summed E-state index contributed by atoms with van der Waals surface area (Å²) in [7, 11) is -3.86. The van der Waals surface area contributed by atoms with Gasteiger partial charge in [0.2, 0.25) is 0 Å². The molecule has 0 bridgehead atoms. The van der Waals surface area contributed by atoms with Crippen LogP contribution in [0.25, 0.3) is 0 Å². The molecular formula is C9H9FN2O3S. The maximum atomic E-state index is 12.9. The Morgan fingerprint density at radius 2 is 2.25 bits per heavy atom. The third kappa shape index (κ3) is 2.76. The molecule has 1 N–H and O–H groups in total. The van der Waals surface area contributed by atoms with Crippen molar-refractivity contribution in [2.75, 3.05) is 6.61 Å². The lowest BCUT2D eigenvalue weighted by Gasteiger charge is -2.05. The van der Waals surface area contributed by atoms with Crippen molar-refractivity contribution in [3.63, 3.8) is 0 Å². The quantitative estimate of drug-likeness (QED) is 0.799. The number of hydrogen-bond acceptors (Lipinski definition) is 4. The van der Waals surface area contributed by atoms with E-state index in [-0.39, 0.29) is 17.1 Å². The van der Waals surface area contributed by atoms with Crippen molar-refractivity contribution in [1.82, 2.24) is 4.89 Å². The van der Waals surface area contributed by atoms with Crippen LogP contribution in [-0.2, 0) is 14.9 Å². The summed E-state index contributed by atoms with van der Waals surface area (Å²) in [6, 6.07) is 4.47. The summed E-state index contributed by atoms with van der Waals surface area (Å²) >= 11 is 0. The normalized spacial score (nSPS) is 11.1. The van der Waals surface area contributed by atoms with Crippen molar-refractivity contribution in [3.8, 4) is 6.07 Å². The SMILES string of the molecule is CCONS(=O)(=O)c1ccc(F)c(C#N)c1. The van der Waals surface area contributed by atoms with E-state index in [9.17, 15) is 12.8 Å². The summed E-state index contributed by atoms with van der Waals surface area (Å²) in [5.41, 5.74) is -0.334. The minimum absolute atomic E-state index is 0.158. The molecule has 1 aromatic carbocycles. The molecule has 7 heteroatoms. The minimum Gasteiger partial charge on any atom is -0.287 e. The van der Waals surface area contributed by atoms with Crippen molar-refractivity contribution in [3.05, 3.63) is 29.6 Å². The molecule has 0 aliphatic rings. The van der Waals surface area contributed by atoms with Crippen LogP contribution in [0.3, 0.4) is 0 Å². The molecule has 0 aliphatic carbocycles. The predicted octanol–water partition coefficient (Wildman–Crippen LogP) is 0.927. The summed E-state index contributed by atoms with van der Waals surface area (Å²) < 4.78 is 35.9. The molecule has 0 heterocycles. The summed E-state index contributed by atoms with van der Waals surface area (Å²) in [6.07, 6.45) is 0. The van der Waals surface area contributed by atoms with E-state index in [2.05, 4.69) is 4.84 Å². The third-order valence-corrected chi connectivity index (χ3v) is 2.89. The molecule has 0 saturated heterocycles. The molecule has 1 aromatic rings. The molecule has 0 aliphatic heterocycles. The number of halogens is 1. The first-order chi connectivity index (χ1) is 7.51. The molecule has 0 spiro atoms. The van der Waals surface area contributed by atoms with Crippen LogP contribution in [0.1, 0.15) is 12.5 Å². The molecule has 0 radical (unpaired) electrons. The number of benzene rings is 1. The number of sulfonamides is 1. The Morgan fingerprint density at radius 3 is 2.81 bits per heavy atom. The topological polar surface area (TPSA) is 79.2 Å². The van der Waals surface area contributed by atoms with Crippen LogP contribution in [0.4, 0.5) is 4.39 Å². The smallest absolute Gasteiger partial charge is 0.262 e. The van der Waals surface area contributed by atoms with E-state index in [1.54, 1.807) is 13.0 Å². The third-order valence-electron chi connectivity index (χ3n) is 1.68. The number of rotatable bonds is 4. The number of nitriles is 1. The Bertz CT molecular complexity index is 522. The zero-order valence-electron chi connectivity index (χ0n) is 8.40. The first-order valence-corrected chi connectivity index (χ1v) is 5.83. The fourth-order valence-electron chi connectivity index (χ4n) is 0.942. The van der Waals surface area contributed by atoms with Crippen molar-refractivity contribution >= 4 is 10.0 Å². The van der Waals surface area contributed by atoms with E-state index in [0.717, 1.165) is 18.2 Å². The Balaban J connectivity index is 3.11. The number of nitrogens with zero attached hydrogens (tertiary/aromatic N) is 1. The average molecular weight is 244 g/mol. The van der Waals surface area contributed by atoms with E-state index < -0.39 is 15.8 Å². The van der Waals surface area contributed by atoms with Crippen LogP contribution in [0.15, 0.2) is 23.1 Å². The second-order valence-electron chi connectivity index (χ2n) is 2.77. The molecule has 0 fully saturated rings. The molecule has 1 rings (SSSR count). The second kappa shape index (κ2) is 5.03. The van der Waals surface area contributed by atoms with Gasteiger partial charge in [-0.3, -0.25) is 4.84 Å². The lowest BCUT2D eigenvalue weighted by Crippen LogP contribution is -2.24. The number of nitrogens with one attached hydrogen (secondary N) is 1. The zero-order valence-corrected chi connectivity index (χ0v) is 9.21. The summed E-state index contributed by atoms with van der Waals surface area (Å²) in [4.78, 5) is 6.15. The van der Waals surface area contributed by atoms with Crippen molar-refractivity contribution in [1.29, 1.82) is 5.26 Å². The van der Waals surface area contributed by atoms with Crippen molar-refractivity contribution < 1.29 is 17.6 Å². The van der Waals surface area contributed by atoms with E-state index in [1.165, 1.54) is 0 Å². The Morgan fingerprint density at radius 1 is 1.56 bits per heavy atom. The van der Waals surface area contributed by atoms with Crippen LogP contribution in [0.2, 0.25) is 0 Å². The molecule has 0 atom stereocenters. The van der Waals surface area contributed by atoms with Gasteiger partial charge in [-0.05, 0) is 25.1 Å². The van der Waals surface area contributed by atoms with E-state index >= 15 is 0 Å². The van der Waals surface area contributed by atoms with Gasteiger partial charge in [0.1, 0.15) is 11.9 Å². The highest BCUT2D eigenvalue weighted by molar-refractivity contribution is 7.89. The highest BCUT2D eigenvalue weighted by atomic mass is 32.2. The van der Waals surface area contributed by atoms with Gasteiger partial charge in [0.15, 0.2) is 0 Å². The molecule has 0 saturated carbocycles. The second-order valence-corrected chi connectivity index (χ2v) is 4.42. The average Bonchev–Trinajstić information content (AvgIpc) is 2.27. The van der Waals surface area contributed by atoms with Gasteiger partial charge in [-0.25, -0.2) is 12.8 Å². The zero-order chi connectivity index (χ0) is 12.2. The van der Waals surface area contributed by atoms with E-state index in [1.807, 2.05) is 4.89 Å². The van der Waals surface area contributed by atoms with Crippen LogP contribution < -0.4 is 4.89 Å². The molecule has 0 aromatic heterocycles. The molecule has 16 heavy (non-hydrogen) atoms. The van der Waals surface area contributed by atoms with E-state index in [0.29, 0.717) is 0 Å². The monoisotopic (exact) mass is 244 g/mol. The van der Waals surface area contributed by atoms with E-state index in [4.69, 9.17) is 5.26 Å². The fourth-order valence-corrected chi connectivity index (χ4v) is 1.83. The van der Waals surface area contributed by atoms with Gasteiger partial charge in [-0.2, -0.15) is 5.26 Å². The Hall–Kier alpha value is -1.49. The Kier molecular flexibility index (Phi) is 3.95. The maximum Gasteiger partial charge on any atom is 0.262 e. The van der Waals surface area contributed by atoms with Crippen LogP contribution >= 0.6 is 0 Å². The standard InChI is InChI=1S/C9H9FN2O3S/c1-2-15-12-16(13,14)8-3-4-9(10)7(5-8)6-11/h3-5,12H,2H2,1H3. The largest absolute Gasteiger partial charge is 0.287 e. The highest BCUT2D eigenvalue weighted by Gasteiger charge is 2.16. The fraction of sp³-hybridized carbons (Fsp3) is 0.222. The molecule has 5 nitrogen and oxygen atoms in total. The molecular weight excluding hydrogens is 235 g/mol. The van der Waals surface area contributed by atoms with Gasteiger partial charge in [0, 0.05) is 0 Å². The first-order valence-electron chi connectivity index (χ1n) is 4.34. The maximum absolute atomic E-state index is 12.9. The van der Waals surface area contributed by atoms with Crippen molar-refractivity contribution in [2.24, 2.45) is 0 Å². The van der Waals surface area contributed by atoms with Gasteiger partial charge in [-0.15, -0.1) is 0 Å². The lowest BCUT2D eigenvalue weighted by molar-refractivity contribution is 0.105. The highest BCUT2D eigenvalue weighted by Crippen LogP contribution is 2.14. The van der Waals surface area contributed by atoms with Crippen molar-refractivity contribution in [2.45, 2.75) is 11.8 Å². The predicted molar refractivity (Wildman–Crippen MR) is 53.1 cm³/mol. The van der Waals surface area contributed by atoms with Crippen LogP contribution in [-0.4, -0.2) is 15.0 Å². The summed E-state index contributed by atoms with van der Waals surface area (Å²) in [5.74, 6) is -0.766. The number of hydrogen-bond donors (Lipinski definition) is 1. The van der Waals surface area contributed by atoms with Crippen LogP contribution in [0.5, 0.6) is 0 Å². The van der Waals surface area contributed by atoms with Gasteiger partial charge >= 0.3 is 0 Å². The van der Waals surface area contributed by atoms with Gasteiger partial charge in [0.25, 0.3) is 10.0 Å². The van der Waals surface area contributed by atoms with Crippen LogP contribution in [0, 0.1) is 17.1 Å². The van der Waals surface area contributed by atoms with Gasteiger partial charge < -0.3 is 0 Å². The van der Waals surface area contributed by atoms with Gasteiger partial charge in [-0.1, -0.05) is 4.89 Å².